The van der Waals surface area contributed by atoms with Crippen molar-refractivity contribution in [1.82, 2.24) is 15.5 Å². The van der Waals surface area contributed by atoms with Gasteiger partial charge in [-0.2, -0.15) is 0 Å². The molecule has 0 spiro atoms. The van der Waals surface area contributed by atoms with Gasteiger partial charge in [-0.3, -0.25) is 4.79 Å². The molecular weight excluding hydrogens is 308 g/mol. The first-order valence-corrected chi connectivity index (χ1v) is 8.58. The maximum absolute atomic E-state index is 11.9. The maximum Gasteiger partial charge on any atom is 0.315 e. The second kappa shape index (κ2) is 8.73. The minimum atomic E-state index is -0.191. The number of hydrogen-bond donors (Lipinski definition) is 3. The molecule has 1 saturated heterocycles. The van der Waals surface area contributed by atoms with E-state index in [2.05, 4.69) is 15.5 Å². The van der Waals surface area contributed by atoms with Crippen molar-refractivity contribution in [1.29, 1.82) is 0 Å². The Bertz CT molecular complexity index is 550. The summed E-state index contributed by atoms with van der Waals surface area (Å²) in [5.41, 5.74) is 5.33. The number of primary amides is 1. The van der Waals surface area contributed by atoms with Crippen LogP contribution in [-0.4, -0.2) is 43.0 Å². The number of furan rings is 1. The molecule has 1 atom stereocenters. The number of rotatable bonds is 7. The number of nitrogens with zero attached hydrogens (tertiary/aromatic N) is 1. The maximum atomic E-state index is 11.9. The summed E-state index contributed by atoms with van der Waals surface area (Å²) in [6.45, 7) is 7.09. The monoisotopic (exact) mass is 336 g/mol. The van der Waals surface area contributed by atoms with E-state index in [4.69, 9.17) is 10.2 Å². The molecule has 1 aromatic rings. The number of carbonyl (C=O) groups is 2. The van der Waals surface area contributed by atoms with Crippen LogP contribution in [0.4, 0.5) is 4.79 Å². The summed E-state index contributed by atoms with van der Waals surface area (Å²) in [7, 11) is 0. The van der Waals surface area contributed by atoms with E-state index in [1.165, 1.54) is 0 Å². The molecule has 1 fully saturated rings. The fourth-order valence-corrected chi connectivity index (χ4v) is 2.95. The van der Waals surface area contributed by atoms with Crippen LogP contribution in [0.3, 0.4) is 0 Å². The molecule has 1 unspecified atom stereocenters. The Hall–Kier alpha value is -2.02. The number of nitrogens with two attached hydrogens (primary N) is 1. The van der Waals surface area contributed by atoms with Crippen LogP contribution in [0.25, 0.3) is 0 Å². The van der Waals surface area contributed by atoms with Gasteiger partial charge < -0.3 is 25.7 Å². The van der Waals surface area contributed by atoms with Crippen LogP contribution in [0.5, 0.6) is 0 Å². The number of nitrogens with one attached hydrogen (secondary N) is 2. The van der Waals surface area contributed by atoms with Crippen molar-refractivity contribution >= 4 is 11.9 Å². The number of aryl methyl sites for hydroxylation is 1. The minimum Gasteiger partial charge on any atom is -0.464 e. The summed E-state index contributed by atoms with van der Waals surface area (Å²) < 4.78 is 5.49. The first-order chi connectivity index (χ1) is 11.5. The summed E-state index contributed by atoms with van der Waals surface area (Å²) in [4.78, 5) is 25.3. The van der Waals surface area contributed by atoms with Gasteiger partial charge in [-0.15, -0.1) is 0 Å². The van der Waals surface area contributed by atoms with Gasteiger partial charge in [0.2, 0.25) is 5.91 Å². The molecule has 0 saturated carbocycles. The van der Waals surface area contributed by atoms with Crippen molar-refractivity contribution in [3.63, 3.8) is 0 Å². The second-order valence-electron chi connectivity index (χ2n) is 6.44. The van der Waals surface area contributed by atoms with Crippen molar-refractivity contribution in [2.24, 2.45) is 11.7 Å². The quantitative estimate of drug-likeness (QED) is 0.657. The van der Waals surface area contributed by atoms with Gasteiger partial charge in [0.1, 0.15) is 11.5 Å². The average Bonchev–Trinajstić information content (AvgIpc) is 2.98. The first-order valence-electron chi connectivity index (χ1n) is 8.58. The van der Waals surface area contributed by atoms with E-state index < -0.39 is 0 Å². The number of piperidine rings is 1. The lowest BCUT2D eigenvalue weighted by molar-refractivity contribution is -0.123. The molecule has 7 heteroatoms. The molecular formula is C17H28N4O3. The zero-order chi connectivity index (χ0) is 17.5. The molecule has 7 nitrogen and oxygen atoms in total. The van der Waals surface area contributed by atoms with Gasteiger partial charge in [-0.25, -0.2) is 4.79 Å². The topological polar surface area (TPSA) is 101 Å². The smallest absolute Gasteiger partial charge is 0.315 e. The van der Waals surface area contributed by atoms with Crippen molar-refractivity contribution in [3.05, 3.63) is 23.7 Å². The molecule has 2 rings (SSSR count). The third kappa shape index (κ3) is 5.56. The molecule has 24 heavy (non-hydrogen) atoms. The second-order valence-corrected chi connectivity index (χ2v) is 6.44. The number of urea groups is 1. The molecule has 2 heterocycles. The first kappa shape index (κ1) is 18.3. The SMILES string of the molecule is Cc1ccc(C(C)NC(=O)NCCCN2CCC(C(N)=O)CC2)o1. The van der Waals surface area contributed by atoms with Gasteiger partial charge in [0.15, 0.2) is 0 Å². The number of amides is 3. The number of carbonyl (C=O) groups excluding carboxylic acids is 2. The summed E-state index contributed by atoms with van der Waals surface area (Å²) in [6, 6.07) is 3.40. The van der Waals surface area contributed by atoms with Gasteiger partial charge in [0.05, 0.1) is 6.04 Å². The zero-order valence-electron chi connectivity index (χ0n) is 14.5. The van der Waals surface area contributed by atoms with E-state index in [0.717, 1.165) is 50.4 Å². The lowest BCUT2D eigenvalue weighted by atomic mass is 9.96. The van der Waals surface area contributed by atoms with Gasteiger partial charge in [-0.05, 0) is 64.9 Å². The van der Waals surface area contributed by atoms with E-state index in [1.807, 2.05) is 26.0 Å². The van der Waals surface area contributed by atoms with Crippen LogP contribution in [0.15, 0.2) is 16.5 Å². The molecule has 1 aromatic heterocycles. The van der Waals surface area contributed by atoms with Crippen molar-refractivity contribution in [3.8, 4) is 0 Å². The van der Waals surface area contributed by atoms with Gasteiger partial charge in [0, 0.05) is 12.5 Å². The summed E-state index contributed by atoms with van der Waals surface area (Å²) in [5.74, 6) is 1.42. The van der Waals surface area contributed by atoms with Crippen molar-refractivity contribution in [2.75, 3.05) is 26.2 Å². The fourth-order valence-electron chi connectivity index (χ4n) is 2.95. The lowest BCUT2D eigenvalue weighted by Gasteiger charge is -2.30. The van der Waals surface area contributed by atoms with E-state index in [-0.39, 0.29) is 23.9 Å². The zero-order valence-corrected chi connectivity index (χ0v) is 14.5. The third-order valence-electron chi connectivity index (χ3n) is 4.46. The van der Waals surface area contributed by atoms with Crippen LogP contribution in [0.1, 0.15) is 43.7 Å². The van der Waals surface area contributed by atoms with E-state index in [1.54, 1.807) is 0 Å². The standard InChI is InChI=1S/C17H28N4O3/c1-12-4-5-15(24-12)13(2)20-17(23)19-8-3-9-21-10-6-14(7-11-21)16(18)22/h4-5,13-14H,3,6-11H2,1-2H3,(H2,18,22)(H2,19,20,23). The van der Waals surface area contributed by atoms with Gasteiger partial charge >= 0.3 is 6.03 Å². The third-order valence-corrected chi connectivity index (χ3v) is 4.46. The molecule has 0 aromatic carbocycles. The largest absolute Gasteiger partial charge is 0.464 e. The van der Waals surface area contributed by atoms with E-state index in [9.17, 15) is 9.59 Å². The van der Waals surface area contributed by atoms with Crippen molar-refractivity contribution < 1.29 is 14.0 Å². The molecule has 134 valence electrons. The molecule has 0 aliphatic carbocycles. The predicted octanol–water partition coefficient (Wildman–Crippen LogP) is 1.54. The Labute approximate surface area is 142 Å². The highest BCUT2D eigenvalue weighted by atomic mass is 16.3. The summed E-state index contributed by atoms with van der Waals surface area (Å²) in [6.07, 6.45) is 2.55. The lowest BCUT2D eigenvalue weighted by Crippen LogP contribution is -2.41. The van der Waals surface area contributed by atoms with Gasteiger partial charge in [0.25, 0.3) is 0 Å². The Balaban J connectivity index is 1.57. The fraction of sp³-hybridized carbons (Fsp3) is 0.647. The predicted molar refractivity (Wildman–Crippen MR) is 91.4 cm³/mol. The van der Waals surface area contributed by atoms with Crippen LogP contribution in [0, 0.1) is 12.8 Å². The molecule has 4 N–H and O–H groups in total. The van der Waals surface area contributed by atoms with Crippen LogP contribution in [-0.2, 0) is 4.79 Å². The Kier molecular flexibility index (Phi) is 6.66. The van der Waals surface area contributed by atoms with Crippen LogP contribution in [0.2, 0.25) is 0 Å². The minimum absolute atomic E-state index is 0.0249. The molecule has 1 aliphatic rings. The number of likely N-dealkylation sites (tertiary alicyclic amines) is 1. The van der Waals surface area contributed by atoms with Crippen molar-refractivity contribution in [2.45, 2.75) is 39.2 Å². The Morgan fingerprint density at radius 1 is 1.38 bits per heavy atom. The highest BCUT2D eigenvalue weighted by Gasteiger charge is 2.22. The summed E-state index contributed by atoms with van der Waals surface area (Å²) in [5, 5.41) is 5.72. The summed E-state index contributed by atoms with van der Waals surface area (Å²) >= 11 is 0. The molecule has 0 bridgehead atoms. The molecule has 3 amide bonds. The number of hydrogen-bond acceptors (Lipinski definition) is 4. The van der Waals surface area contributed by atoms with Gasteiger partial charge in [-0.1, -0.05) is 0 Å². The average molecular weight is 336 g/mol. The van der Waals surface area contributed by atoms with E-state index >= 15 is 0 Å². The van der Waals surface area contributed by atoms with Crippen LogP contribution >= 0.6 is 0 Å². The molecule has 1 aliphatic heterocycles. The Morgan fingerprint density at radius 2 is 2.08 bits per heavy atom. The highest BCUT2D eigenvalue weighted by molar-refractivity contribution is 5.76. The highest BCUT2D eigenvalue weighted by Crippen LogP contribution is 2.17. The van der Waals surface area contributed by atoms with Crippen LogP contribution < -0.4 is 16.4 Å². The normalized spacial score (nSPS) is 17.4. The molecule has 0 radical (unpaired) electrons. The van der Waals surface area contributed by atoms with E-state index in [0.29, 0.717) is 6.54 Å². The Morgan fingerprint density at radius 3 is 2.67 bits per heavy atom.